The summed E-state index contributed by atoms with van der Waals surface area (Å²) in [7, 11) is 1.73. The number of halogens is 1. The lowest BCUT2D eigenvalue weighted by Gasteiger charge is -2.22. The second-order valence-corrected chi connectivity index (χ2v) is 8.06. The minimum Gasteiger partial charge on any atom is -0.398 e. The molecular weight excluding hydrogens is 228 g/mol. The van der Waals surface area contributed by atoms with E-state index in [4.69, 9.17) is 20.5 Å². The van der Waals surface area contributed by atoms with Crippen molar-refractivity contribution in [2.45, 2.75) is 51.1 Å². The zero-order valence-corrected chi connectivity index (χ0v) is 12.1. The minimum atomic E-state index is -1.79. The maximum absolute atomic E-state index is 5.61. The largest absolute Gasteiger partial charge is 0.398 e. The van der Waals surface area contributed by atoms with Crippen molar-refractivity contribution in [1.82, 2.24) is 0 Å². The average molecular weight is 253 g/mol. The minimum absolute atomic E-state index is 0.804. The summed E-state index contributed by atoms with van der Waals surface area (Å²) < 4.78 is 10.9. The van der Waals surface area contributed by atoms with Crippen molar-refractivity contribution in [3.8, 4) is 0 Å². The monoisotopic (exact) mass is 252 g/mol. The van der Waals surface area contributed by atoms with Crippen LogP contribution in [-0.2, 0) is 8.85 Å². The van der Waals surface area contributed by atoms with Crippen LogP contribution in [0.15, 0.2) is 0 Å². The van der Waals surface area contributed by atoms with E-state index in [1.165, 1.54) is 32.1 Å². The predicted octanol–water partition coefficient (Wildman–Crippen LogP) is 3.93. The molecule has 0 aromatic rings. The zero-order valence-electron chi connectivity index (χ0n) is 10.4. The van der Waals surface area contributed by atoms with Crippen LogP contribution in [0, 0.1) is 0 Å². The molecule has 0 aliphatic rings. The van der Waals surface area contributed by atoms with Gasteiger partial charge in [-0.2, -0.15) is 0 Å². The maximum Gasteiger partial charge on any atom is 0.334 e. The SMILES string of the molecule is CO[Si](C)(CCCCCCCCCl)OC. The van der Waals surface area contributed by atoms with Crippen LogP contribution in [0.3, 0.4) is 0 Å². The van der Waals surface area contributed by atoms with Gasteiger partial charge >= 0.3 is 8.56 Å². The topological polar surface area (TPSA) is 18.5 Å². The number of rotatable bonds is 10. The van der Waals surface area contributed by atoms with E-state index in [0.717, 1.165) is 18.3 Å². The summed E-state index contributed by atoms with van der Waals surface area (Å²) in [5, 5.41) is 0. The lowest BCUT2D eigenvalue weighted by atomic mass is 10.1. The van der Waals surface area contributed by atoms with Crippen LogP contribution in [0.25, 0.3) is 0 Å². The van der Waals surface area contributed by atoms with Crippen molar-refractivity contribution in [3.05, 3.63) is 0 Å². The molecule has 0 bridgehead atoms. The van der Waals surface area contributed by atoms with Crippen LogP contribution in [0.2, 0.25) is 12.6 Å². The Morgan fingerprint density at radius 2 is 1.33 bits per heavy atom. The summed E-state index contributed by atoms with van der Waals surface area (Å²) >= 11 is 5.61. The molecule has 0 atom stereocenters. The van der Waals surface area contributed by atoms with E-state index in [1.54, 1.807) is 14.2 Å². The summed E-state index contributed by atoms with van der Waals surface area (Å²) in [4.78, 5) is 0. The molecule has 0 aliphatic carbocycles. The molecule has 92 valence electrons. The Bertz CT molecular complexity index is 141. The van der Waals surface area contributed by atoms with Gasteiger partial charge in [-0.15, -0.1) is 11.6 Å². The van der Waals surface area contributed by atoms with Gasteiger partial charge < -0.3 is 8.85 Å². The van der Waals surface area contributed by atoms with Crippen molar-refractivity contribution in [2.75, 3.05) is 20.1 Å². The van der Waals surface area contributed by atoms with E-state index in [0.29, 0.717) is 0 Å². The highest BCUT2D eigenvalue weighted by molar-refractivity contribution is 6.65. The summed E-state index contributed by atoms with van der Waals surface area (Å²) in [6.45, 7) is 2.13. The van der Waals surface area contributed by atoms with E-state index >= 15 is 0 Å². The molecule has 0 radical (unpaired) electrons. The van der Waals surface area contributed by atoms with E-state index < -0.39 is 8.56 Å². The Labute approximate surface area is 101 Å². The van der Waals surface area contributed by atoms with Gasteiger partial charge in [0.25, 0.3) is 0 Å². The smallest absolute Gasteiger partial charge is 0.334 e. The third-order valence-corrected chi connectivity index (χ3v) is 6.13. The molecule has 0 fully saturated rings. The Hall–Kier alpha value is 0.427. The fourth-order valence-corrected chi connectivity index (χ4v) is 3.19. The fourth-order valence-electron chi connectivity index (χ4n) is 1.54. The quantitative estimate of drug-likeness (QED) is 0.333. The van der Waals surface area contributed by atoms with Gasteiger partial charge in [0.15, 0.2) is 0 Å². The van der Waals surface area contributed by atoms with Gasteiger partial charge in [0.05, 0.1) is 0 Å². The average Bonchev–Trinajstić information content (AvgIpc) is 2.27. The van der Waals surface area contributed by atoms with Gasteiger partial charge in [-0.05, 0) is 19.0 Å². The van der Waals surface area contributed by atoms with Crippen LogP contribution in [0.4, 0.5) is 0 Å². The van der Waals surface area contributed by atoms with E-state index in [1.807, 2.05) is 0 Å². The molecule has 0 aromatic heterocycles. The van der Waals surface area contributed by atoms with E-state index in [2.05, 4.69) is 6.55 Å². The van der Waals surface area contributed by atoms with Crippen molar-refractivity contribution in [1.29, 1.82) is 0 Å². The third-order valence-electron chi connectivity index (χ3n) is 2.88. The maximum atomic E-state index is 5.61. The standard InChI is InChI=1S/C11H25ClO2Si/c1-13-15(3,14-2)11-9-7-5-4-6-8-10-12/h4-11H2,1-3H3. The summed E-state index contributed by atoms with van der Waals surface area (Å²) in [6.07, 6.45) is 7.57. The first-order valence-electron chi connectivity index (χ1n) is 5.85. The van der Waals surface area contributed by atoms with Gasteiger partial charge in [0.1, 0.15) is 0 Å². The molecule has 0 saturated carbocycles. The zero-order chi connectivity index (χ0) is 11.6. The van der Waals surface area contributed by atoms with Gasteiger partial charge in [0.2, 0.25) is 0 Å². The highest BCUT2D eigenvalue weighted by Gasteiger charge is 2.27. The Morgan fingerprint density at radius 3 is 1.80 bits per heavy atom. The van der Waals surface area contributed by atoms with Crippen LogP contribution < -0.4 is 0 Å². The summed E-state index contributed by atoms with van der Waals surface area (Å²) in [6, 6.07) is 1.11. The molecular formula is C11H25ClO2Si. The number of hydrogen-bond donors (Lipinski definition) is 0. The van der Waals surface area contributed by atoms with Crippen LogP contribution in [-0.4, -0.2) is 28.7 Å². The number of hydrogen-bond acceptors (Lipinski definition) is 2. The van der Waals surface area contributed by atoms with Crippen LogP contribution in [0.5, 0.6) is 0 Å². The molecule has 0 aliphatic heterocycles. The number of alkyl halides is 1. The highest BCUT2D eigenvalue weighted by atomic mass is 35.5. The Morgan fingerprint density at radius 1 is 0.867 bits per heavy atom. The van der Waals surface area contributed by atoms with Crippen molar-refractivity contribution >= 4 is 20.2 Å². The first kappa shape index (κ1) is 15.4. The van der Waals surface area contributed by atoms with Crippen molar-refractivity contribution < 1.29 is 8.85 Å². The summed E-state index contributed by atoms with van der Waals surface area (Å²) in [5.74, 6) is 0.804. The molecule has 15 heavy (non-hydrogen) atoms. The van der Waals surface area contributed by atoms with E-state index in [-0.39, 0.29) is 0 Å². The van der Waals surface area contributed by atoms with E-state index in [9.17, 15) is 0 Å². The molecule has 0 aromatic carbocycles. The number of unbranched alkanes of at least 4 members (excludes halogenated alkanes) is 5. The Balaban J connectivity index is 3.29. The first-order valence-corrected chi connectivity index (χ1v) is 8.90. The molecule has 0 heterocycles. The van der Waals surface area contributed by atoms with Gasteiger partial charge in [-0.3, -0.25) is 0 Å². The second-order valence-electron chi connectivity index (χ2n) is 4.10. The van der Waals surface area contributed by atoms with Gasteiger partial charge in [0, 0.05) is 20.1 Å². The molecule has 0 rings (SSSR count). The molecule has 0 N–H and O–H groups in total. The molecule has 0 saturated heterocycles. The normalized spacial score (nSPS) is 12.0. The lowest BCUT2D eigenvalue weighted by Crippen LogP contribution is -2.35. The Kier molecular flexibility index (Phi) is 9.91. The van der Waals surface area contributed by atoms with Crippen LogP contribution >= 0.6 is 11.6 Å². The molecule has 0 spiro atoms. The fraction of sp³-hybridized carbons (Fsp3) is 1.00. The van der Waals surface area contributed by atoms with Gasteiger partial charge in [-0.25, -0.2) is 0 Å². The first-order chi connectivity index (χ1) is 7.18. The molecule has 2 nitrogen and oxygen atoms in total. The lowest BCUT2D eigenvalue weighted by molar-refractivity contribution is 0.248. The third kappa shape index (κ3) is 8.26. The summed E-state index contributed by atoms with van der Waals surface area (Å²) in [5.41, 5.74) is 0. The van der Waals surface area contributed by atoms with Crippen molar-refractivity contribution in [3.63, 3.8) is 0 Å². The highest BCUT2D eigenvalue weighted by Crippen LogP contribution is 2.17. The predicted molar refractivity (Wildman–Crippen MR) is 68.9 cm³/mol. The molecule has 0 amide bonds. The van der Waals surface area contributed by atoms with Crippen LogP contribution in [0.1, 0.15) is 38.5 Å². The molecule has 4 heteroatoms. The van der Waals surface area contributed by atoms with Crippen molar-refractivity contribution in [2.24, 2.45) is 0 Å². The molecule has 0 unspecified atom stereocenters. The van der Waals surface area contributed by atoms with Gasteiger partial charge in [-0.1, -0.05) is 32.1 Å². The second kappa shape index (κ2) is 9.64.